The topological polar surface area (TPSA) is 46.3 Å². The minimum Gasteiger partial charge on any atom is -0.338 e. The second kappa shape index (κ2) is 8.23. The van der Waals surface area contributed by atoms with Crippen molar-refractivity contribution in [3.05, 3.63) is 0 Å². The highest BCUT2D eigenvalue weighted by molar-refractivity contribution is 5.85. The minimum absolute atomic E-state index is 0. The van der Waals surface area contributed by atoms with Crippen molar-refractivity contribution >= 4 is 18.3 Å². The van der Waals surface area contributed by atoms with Gasteiger partial charge in [0.2, 0.25) is 5.91 Å². The first-order valence-electron chi connectivity index (χ1n) is 8.17. The summed E-state index contributed by atoms with van der Waals surface area (Å²) in [5.74, 6) is 2.10. The molecule has 1 saturated heterocycles. The number of nitrogens with two attached hydrogens (primary N) is 1. The molecule has 2 aliphatic rings. The fraction of sp³-hybridized carbons (Fsp3) is 0.938. The van der Waals surface area contributed by atoms with E-state index in [0.717, 1.165) is 31.7 Å². The molecule has 2 rings (SSSR count). The fourth-order valence-corrected chi connectivity index (χ4v) is 3.93. The molecule has 3 nitrogen and oxygen atoms in total. The van der Waals surface area contributed by atoms with Crippen LogP contribution in [0.2, 0.25) is 0 Å². The quantitative estimate of drug-likeness (QED) is 0.870. The predicted molar refractivity (Wildman–Crippen MR) is 85.9 cm³/mol. The van der Waals surface area contributed by atoms with Crippen molar-refractivity contribution < 1.29 is 4.79 Å². The van der Waals surface area contributed by atoms with E-state index < -0.39 is 0 Å². The molecule has 1 saturated carbocycles. The zero-order valence-corrected chi connectivity index (χ0v) is 13.8. The van der Waals surface area contributed by atoms with E-state index in [9.17, 15) is 4.79 Å². The molecule has 4 heteroatoms. The number of piperidine rings is 1. The third-order valence-corrected chi connectivity index (χ3v) is 5.41. The molecule has 2 unspecified atom stereocenters. The Bertz CT molecular complexity index is 303. The molecule has 2 atom stereocenters. The molecule has 0 radical (unpaired) electrons. The second-order valence-corrected chi connectivity index (χ2v) is 6.58. The van der Waals surface area contributed by atoms with Crippen molar-refractivity contribution in [1.82, 2.24) is 4.90 Å². The van der Waals surface area contributed by atoms with Gasteiger partial charge in [0.15, 0.2) is 0 Å². The van der Waals surface area contributed by atoms with Gasteiger partial charge in [-0.15, -0.1) is 12.4 Å². The lowest BCUT2D eigenvalue weighted by molar-refractivity contribution is -0.141. The van der Waals surface area contributed by atoms with Gasteiger partial charge in [-0.3, -0.25) is 4.79 Å². The predicted octanol–water partition coefficient (Wildman–Crippen LogP) is 3.21. The van der Waals surface area contributed by atoms with Crippen LogP contribution in [0.1, 0.15) is 58.8 Å². The molecular formula is C16H31ClN2O. The third kappa shape index (κ3) is 3.88. The van der Waals surface area contributed by atoms with E-state index in [0.29, 0.717) is 18.4 Å². The number of likely N-dealkylation sites (tertiary alicyclic amines) is 1. The highest BCUT2D eigenvalue weighted by Crippen LogP contribution is 2.33. The average molecular weight is 303 g/mol. The van der Waals surface area contributed by atoms with Gasteiger partial charge in [0, 0.05) is 25.0 Å². The number of carbonyl (C=O) groups is 1. The molecule has 1 amide bonds. The number of rotatable bonds is 3. The van der Waals surface area contributed by atoms with Crippen LogP contribution in [0.3, 0.4) is 0 Å². The van der Waals surface area contributed by atoms with Crippen molar-refractivity contribution in [3.63, 3.8) is 0 Å². The number of hydrogen-bond donors (Lipinski definition) is 1. The minimum atomic E-state index is 0. The maximum atomic E-state index is 12.7. The Kier molecular flexibility index (Phi) is 7.32. The smallest absolute Gasteiger partial charge is 0.225 e. The lowest BCUT2D eigenvalue weighted by Crippen LogP contribution is -2.53. The van der Waals surface area contributed by atoms with Gasteiger partial charge in [0.1, 0.15) is 0 Å². The molecule has 0 spiro atoms. The summed E-state index contributed by atoms with van der Waals surface area (Å²) in [6.07, 6.45) is 8.31. The molecule has 2 N–H and O–H groups in total. The van der Waals surface area contributed by atoms with Crippen LogP contribution in [0, 0.1) is 17.8 Å². The van der Waals surface area contributed by atoms with Crippen molar-refractivity contribution in [2.24, 2.45) is 23.5 Å². The van der Waals surface area contributed by atoms with Gasteiger partial charge >= 0.3 is 0 Å². The van der Waals surface area contributed by atoms with Crippen molar-refractivity contribution in [3.8, 4) is 0 Å². The Morgan fingerprint density at radius 1 is 1.20 bits per heavy atom. The Morgan fingerprint density at radius 2 is 1.85 bits per heavy atom. The Hall–Kier alpha value is -0.280. The van der Waals surface area contributed by atoms with Gasteiger partial charge < -0.3 is 10.6 Å². The molecule has 1 heterocycles. The molecule has 2 fully saturated rings. The summed E-state index contributed by atoms with van der Waals surface area (Å²) in [7, 11) is 0. The molecule has 0 aromatic carbocycles. The van der Waals surface area contributed by atoms with Crippen molar-refractivity contribution in [2.75, 3.05) is 13.1 Å². The number of nitrogens with zero attached hydrogens (tertiary/aromatic N) is 1. The molecule has 118 valence electrons. The molecule has 0 aromatic heterocycles. The van der Waals surface area contributed by atoms with Crippen LogP contribution in [0.4, 0.5) is 0 Å². The van der Waals surface area contributed by atoms with E-state index in [1.807, 2.05) is 0 Å². The van der Waals surface area contributed by atoms with Crippen LogP contribution < -0.4 is 5.73 Å². The molecule has 1 aliphatic heterocycles. The monoisotopic (exact) mass is 302 g/mol. The standard InChI is InChI=1S/C16H30N2O.ClH/c1-3-13-6-8-14(9-7-13)16(19)18-10-4-5-12(2)15(18)11-17;/h12-15H,3-11,17H2,1-2H3;1H. The maximum Gasteiger partial charge on any atom is 0.225 e. The van der Waals surface area contributed by atoms with Gasteiger partial charge in [0.05, 0.1) is 0 Å². The van der Waals surface area contributed by atoms with Crippen LogP contribution in [0.5, 0.6) is 0 Å². The Balaban J connectivity index is 0.00000200. The highest BCUT2D eigenvalue weighted by Gasteiger charge is 2.35. The molecule has 1 aliphatic carbocycles. The zero-order valence-electron chi connectivity index (χ0n) is 13.0. The highest BCUT2D eigenvalue weighted by atomic mass is 35.5. The van der Waals surface area contributed by atoms with E-state index in [1.54, 1.807) is 0 Å². The summed E-state index contributed by atoms with van der Waals surface area (Å²) in [4.78, 5) is 14.8. The van der Waals surface area contributed by atoms with E-state index in [1.165, 1.54) is 25.7 Å². The largest absolute Gasteiger partial charge is 0.338 e. The van der Waals surface area contributed by atoms with E-state index in [2.05, 4.69) is 18.7 Å². The van der Waals surface area contributed by atoms with Crippen LogP contribution >= 0.6 is 12.4 Å². The van der Waals surface area contributed by atoms with Crippen molar-refractivity contribution in [2.45, 2.75) is 64.8 Å². The van der Waals surface area contributed by atoms with E-state index >= 15 is 0 Å². The lowest BCUT2D eigenvalue weighted by atomic mass is 9.79. The van der Waals surface area contributed by atoms with Crippen LogP contribution in [0.15, 0.2) is 0 Å². The van der Waals surface area contributed by atoms with Crippen LogP contribution in [-0.4, -0.2) is 29.9 Å². The zero-order chi connectivity index (χ0) is 13.8. The van der Waals surface area contributed by atoms with E-state index in [4.69, 9.17) is 5.73 Å². The second-order valence-electron chi connectivity index (χ2n) is 6.58. The average Bonchev–Trinajstić information content (AvgIpc) is 2.46. The fourth-order valence-electron chi connectivity index (χ4n) is 3.93. The first-order valence-corrected chi connectivity index (χ1v) is 8.17. The first-order chi connectivity index (χ1) is 9.17. The van der Waals surface area contributed by atoms with Gasteiger partial charge in [-0.25, -0.2) is 0 Å². The summed E-state index contributed by atoms with van der Waals surface area (Å²) < 4.78 is 0. The number of halogens is 1. The van der Waals surface area contributed by atoms with Crippen LogP contribution in [-0.2, 0) is 4.79 Å². The molecule has 0 aromatic rings. The lowest BCUT2D eigenvalue weighted by Gasteiger charge is -2.42. The summed E-state index contributed by atoms with van der Waals surface area (Å²) in [6, 6.07) is 0.283. The summed E-state index contributed by atoms with van der Waals surface area (Å²) in [5.41, 5.74) is 5.90. The normalized spacial score (nSPS) is 34.5. The molecular weight excluding hydrogens is 272 g/mol. The summed E-state index contributed by atoms with van der Waals surface area (Å²) >= 11 is 0. The summed E-state index contributed by atoms with van der Waals surface area (Å²) in [6.45, 7) is 6.06. The van der Waals surface area contributed by atoms with Gasteiger partial charge in [0.25, 0.3) is 0 Å². The Labute approximate surface area is 130 Å². The third-order valence-electron chi connectivity index (χ3n) is 5.41. The van der Waals surface area contributed by atoms with Gasteiger partial charge in [-0.05, 0) is 50.4 Å². The first kappa shape index (κ1) is 17.8. The van der Waals surface area contributed by atoms with Crippen molar-refractivity contribution in [1.29, 1.82) is 0 Å². The molecule has 20 heavy (non-hydrogen) atoms. The van der Waals surface area contributed by atoms with E-state index in [-0.39, 0.29) is 24.4 Å². The maximum absolute atomic E-state index is 12.7. The number of carbonyl (C=O) groups excluding carboxylic acids is 1. The van der Waals surface area contributed by atoms with Crippen LogP contribution in [0.25, 0.3) is 0 Å². The number of amides is 1. The van der Waals surface area contributed by atoms with Gasteiger partial charge in [-0.1, -0.05) is 20.3 Å². The Morgan fingerprint density at radius 3 is 2.40 bits per heavy atom. The molecule has 0 bridgehead atoms. The summed E-state index contributed by atoms with van der Waals surface area (Å²) in [5, 5.41) is 0. The SMILES string of the molecule is CCC1CCC(C(=O)N2CCCC(C)C2CN)CC1.Cl. The van der Waals surface area contributed by atoms with Gasteiger partial charge in [-0.2, -0.15) is 0 Å². The number of hydrogen-bond acceptors (Lipinski definition) is 2.